The van der Waals surface area contributed by atoms with E-state index in [1.54, 1.807) is 0 Å². The molecule has 2 heterocycles. The summed E-state index contributed by atoms with van der Waals surface area (Å²) >= 11 is 6.05. The lowest BCUT2D eigenvalue weighted by Crippen LogP contribution is -2.30. The van der Waals surface area contributed by atoms with Crippen LogP contribution in [0.25, 0.3) is 11.4 Å². The highest BCUT2D eigenvalue weighted by atomic mass is 35.5. The topological polar surface area (TPSA) is 69.2 Å². The van der Waals surface area contributed by atoms with E-state index >= 15 is 0 Å². The summed E-state index contributed by atoms with van der Waals surface area (Å²) in [6, 6.07) is 17.5. The molecule has 148 valence electrons. The lowest BCUT2D eigenvalue weighted by atomic mass is 10.1. The molecule has 0 amide bonds. The Hall–Kier alpha value is -2.72. The molecule has 1 aliphatic heterocycles. The zero-order valence-corrected chi connectivity index (χ0v) is 16.8. The third kappa shape index (κ3) is 5.21. The molecule has 7 heteroatoms. The first-order valence-corrected chi connectivity index (χ1v) is 10.1. The van der Waals surface area contributed by atoms with Crippen molar-refractivity contribution in [3.05, 3.63) is 70.6 Å². The Kier molecular flexibility index (Phi) is 6.20. The summed E-state index contributed by atoms with van der Waals surface area (Å²) in [6.45, 7) is 5.53. The Bertz CT molecular complexity index is 995. The normalized spacial score (nSPS) is 15.7. The number of hydrogen-bond donors (Lipinski definition) is 0. The molecule has 0 unspecified atom stereocenters. The minimum atomic E-state index is 0.569. The SMILES string of the molecule is N#Cc1ccc(CN2CCCN(Cc3nc(-c4cccc(Cl)c4)no3)CC2)cc1. The van der Waals surface area contributed by atoms with Gasteiger partial charge < -0.3 is 4.52 Å². The van der Waals surface area contributed by atoms with Crippen LogP contribution in [-0.4, -0.2) is 46.1 Å². The Morgan fingerprint density at radius 3 is 2.48 bits per heavy atom. The Labute approximate surface area is 175 Å². The monoisotopic (exact) mass is 407 g/mol. The van der Waals surface area contributed by atoms with Gasteiger partial charge in [-0.05, 0) is 49.3 Å². The van der Waals surface area contributed by atoms with Crippen molar-refractivity contribution in [3.63, 3.8) is 0 Å². The second-order valence-electron chi connectivity index (χ2n) is 7.24. The van der Waals surface area contributed by atoms with Crippen LogP contribution in [0.4, 0.5) is 0 Å². The number of halogens is 1. The van der Waals surface area contributed by atoms with Gasteiger partial charge in [0.2, 0.25) is 11.7 Å². The summed E-state index contributed by atoms with van der Waals surface area (Å²) in [5.41, 5.74) is 2.80. The molecule has 0 spiro atoms. The minimum absolute atomic E-state index is 0.569. The maximum absolute atomic E-state index is 8.93. The molecule has 1 aromatic heterocycles. The van der Waals surface area contributed by atoms with E-state index in [9.17, 15) is 0 Å². The zero-order chi connectivity index (χ0) is 20.1. The van der Waals surface area contributed by atoms with Crippen molar-refractivity contribution in [2.45, 2.75) is 19.5 Å². The molecule has 0 radical (unpaired) electrons. The summed E-state index contributed by atoms with van der Waals surface area (Å²) in [4.78, 5) is 9.34. The maximum Gasteiger partial charge on any atom is 0.241 e. The van der Waals surface area contributed by atoms with Crippen LogP contribution >= 0.6 is 11.6 Å². The fraction of sp³-hybridized carbons (Fsp3) is 0.318. The summed E-state index contributed by atoms with van der Waals surface area (Å²) in [7, 11) is 0. The first kappa shape index (κ1) is 19.6. The Balaban J connectivity index is 1.32. The molecule has 0 saturated carbocycles. The van der Waals surface area contributed by atoms with Crippen LogP contribution in [0.15, 0.2) is 53.1 Å². The molecule has 2 aromatic carbocycles. The van der Waals surface area contributed by atoms with Crippen LogP contribution in [0.3, 0.4) is 0 Å². The summed E-state index contributed by atoms with van der Waals surface area (Å²) < 4.78 is 5.46. The summed E-state index contributed by atoms with van der Waals surface area (Å²) in [5, 5.41) is 13.7. The van der Waals surface area contributed by atoms with Crippen LogP contribution < -0.4 is 0 Å². The van der Waals surface area contributed by atoms with Gasteiger partial charge in [-0.2, -0.15) is 10.2 Å². The van der Waals surface area contributed by atoms with Crippen LogP contribution in [0.1, 0.15) is 23.4 Å². The minimum Gasteiger partial charge on any atom is -0.338 e. The lowest BCUT2D eigenvalue weighted by Gasteiger charge is -2.21. The number of hydrogen-bond acceptors (Lipinski definition) is 6. The molecular formula is C22H22ClN5O. The van der Waals surface area contributed by atoms with Gasteiger partial charge in [-0.15, -0.1) is 0 Å². The van der Waals surface area contributed by atoms with Crippen molar-refractivity contribution >= 4 is 11.6 Å². The van der Waals surface area contributed by atoms with Gasteiger partial charge in [0.25, 0.3) is 0 Å². The largest absolute Gasteiger partial charge is 0.338 e. The number of rotatable bonds is 5. The Morgan fingerprint density at radius 2 is 1.76 bits per heavy atom. The predicted octanol–water partition coefficient (Wildman–Crippen LogP) is 3.97. The highest BCUT2D eigenvalue weighted by Crippen LogP contribution is 2.20. The molecule has 3 aromatic rings. The molecule has 0 aliphatic carbocycles. The van der Waals surface area contributed by atoms with E-state index in [1.165, 1.54) is 5.56 Å². The highest BCUT2D eigenvalue weighted by molar-refractivity contribution is 6.30. The molecule has 1 saturated heterocycles. The molecular weight excluding hydrogens is 386 g/mol. The first-order chi connectivity index (χ1) is 14.2. The molecule has 4 rings (SSSR count). The van der Waals surface area contributed by atoms with E-state index < -0.39 is 0 Å². The van der Waals surface area contributed by atoms with Crippen molar-refractivity contribution in [1.82, 2.24) is 19.9 Å². The molecule has 0 atom stereocenters. The van der Waals surface area contributed by atoms with Gasteiger partial charge in [0, 0.05) is 30.2 Å². The lowest BCUT2D eigenvalue weighted by molar-refractivity contribution is 0.222. The van der Waals surface area contributed by atoms with E-state index in [0.29, 0.717) is 28.8 Å². The van der Waals surface area contributed by atoms with E-state index in [2.05, 4.69) is 26.0 Å². The van der Waals surface area contributed by atoms with Crippen LogP contribution in [0.2, 0.25) is 5.02 Å². The number of nitrogens with zero attached hydrogens (tertiary/aromatic N) is 5. The van der Waals surface area contributed by atoms with Gasteiger partial charge in [0.05, 0.1) is 18.2 Å². The van der Waals surface area contributed by atoms with E-state index in [1.807, 2.05) is 48.5 Å². The fourth-order valence-electron chi connectivity index (χ4n) is 3.54. The molecule has 1 aliphatic rings. The predicted molar refractivity (Wildman–Crippen MR) is 111 cm³/mol. The van der Waals surface area contributed by atoms with Crippen molar-refractivity contribution in [2.75, 3.05) is 26.2 Å². The van der Waals surface area contributed by atoms with E-state index in [-0.39, 0.29) is 0 Å². The second-order valence-corrected chi connectivity index (χ2v) is 7.67. The maximum atomic E-state index is 8.93. The van der Waals surface area contributed by atoms with Crippen molar-refractivity contribution < 1.29 is 4.52 Å². The first-order valence-electron chi connectivity index (χ1n) is 9.72. The van der Waals surface area contributed by atoms with Gasteiger partial charge in [0.15, 0.2) is 0 Å². The average molecular weight is 408 g/mol. The summed E-state index contributed by atoms with van der Waals surface area (Å²) in [6.07, 6.45) is 1.09. The molecule has 6 nitrogen and oxygen atoms in total. The highest BCUT2D eigenvalue weighted by Gasteiger charge is 2.18. The van der Waals surface area contributed by atoms with Crippen molar-refractivity contribution in [3.8, 4) is 17.5 Å². The van der Waals surface area contributed by atoms with E-state index in [0.717, 1.165) is 44.7 Å². The quantitative estimate of drug-likeness (QED) is 0.637. The molecule has 0 N–H and O–H groups in total. The fourth-order valence-corrected chi connectivity index (χ4v) is 3.73. The van der Waals surface area contributed by atoms with E-state index in [4.69, 9.17) is 21.4 Å². The Morgan fingerprint density at radius 1 is 1.00 bits per heavy atom. The van der Waals surface area contributed by atoms with Crippen LogP contribution in [-0.2, 0) is 13.1 Å². The van der Waals surface area contributed by atoms with Crippen molar-refractivity contribution in [1.29, 1.82) is 5.26 Å². The van der Waals surface area contributed by atoms with Gasteiger partial charge in [0.1, 0.15) is 0 Å². The standard InChI is InChI=1S/C22H22ClN5O/c23-20-4-1-3-19(13-20)22-25-21(29-26-22)16-28-10-2-9-27(11-12-28)15-18-7-5-17(14-24)6-8-18/h1,3-8,13H,2,9-12,15-16H2. The average Bonchev–Trinajstić information content (AvgIpc) is 3.09. The smallest absolute Gasteiger partial charge is 0.241 e. The number of benzene rings is 2. The van der Waals surface area contributed by atoms with Gasteiger partial charge in [-0.25, -0.2) is 0 Å². The van der Waals surface area contributed by atoms with Crippen molar-refractivity contribution in [2.24, 2.45) is 0 Å². The van der Waals surface area contributed by atoms with Gasteiger partial charge in [-0.1, -0.05) is 41.0 Å². The third-order valence-corrected chi connectivity index (χ3v) is 5.32. The van der Waals surface area contributed by atoms with Gasteiger partial charge in [-0.3, -0.25) is 9.80 Å². The van der Waals surface area contributed by atoms with Gasteiger partial charge >= 0.3 is 0 Å². The number of aromatic nitrogens is 2. The molecule has 0 bridgehead atoms. The molecule has 1 fully saturated rings. The second kappa shape index (κ2) is 9.19. The zero-order valence-electron chi connectivity index (χ0n) is 16.1. The third-order valence-electron chi connectivity index (χ3n) is 5.08. The van der Waals surface area contributed by atoms with Crippen LogP contribution in [0.5, 0.6) is 0 Å². The summed E-state index contributed by atoms with van der Waals surface area (Å²) in [5.74, 6) is 1.19. The van der Waals surface area contributed by atoms with Crippen LogP contribution in [0, 0.1) is 11.3 Å². The number of nitriles is 1. The molecule has 29 heavy (non-hydrogen) atoms.